The lowest BCUT2D eigenvalue weighted by Crippen LogP contribution is -2.17. The number of para-hydroxylation sites is 1. The minimum absolute atomic E-state index is 0.0535. The van der Waals surface area contributed by atoms with Gasteiger partial charge in [-0.3, -0.25) is 4.72 Å². The summed E-state index contributed by atoms with van der Waals surface area (Å²) in [6.45, 7) is 5.36. The minimum Gasteiger partial charge on any atom is -0.455 e. The van der Waals surface area contributed by atoms with Crippen molar-refractivity contribution in [3.63, 3.8) is 0 Å². The fourth-order valence-electron chi connectivity index (χ4n) is 3.66. The predicted octanol–water partition coefficient (Wildman–Crippen LogP) is 4.35. The van der Waals surface area contributed by atoms with Gasteiger partial charge in [0, 0.05) is 0 Å². The van der Waals surface area contributed by atoms with Crippen LogP contribution in [-0.4, -0.2) is 16.8 Å². The highest BCUT2D eigenvalue weighted by Gasteiger charge is 2.32. The molecule has 0 bridgehead atoms. The summed E-state index contributed by atoms with van der Waals surface area (Å²) in [5.41, 5.74) is 2.36. The van der Waals surface area contributed by atoms with E-state index in [2.05, 4.69) is 4.72 Å². The zero-order valence-corrected chi connectivity index (χ0v) is 17.7. The molecule has 4 rings (SSSR count). The molecule has 0 aliphatic carbocycles. The van der Waals surface area contributed by atoms with Gasteiger partial charge in [0.15, 0.2) is 0 Å². The fraction of sp³-hybridized carbons (Fsp3) is 0.143. The van der Waals surface area contributed by atoms with Gasteiger partial charge in [-0.1, -0.05) is 29.8 Å². The van der Waals surface area contributed by atoms with Crippen LogP contribution in [0, 0.1) is 20.8 Å². The van der Waals surface area contributed by atoms with Crippen LogP contribution < -0.4 is 9.46 Å². The lowest BCUT2D eigenvalue weighted by Gasteiger charge is -2.21. The third kappa shape index (κ3) is 3.28. The van der Waals surface area contributed by atoms with Gasteiger partial charge in [0.05, 0.1) is 10.6 Å². The molecule has 1 aliphatic rings. The van der Waals surface area contributed by atoms with E-state index in [0.717, 1.165) is 5.56 Å². The van der Waals surface area contributed by atoms with Crippen LogP contribution in [0.5, 0.6) is 11.5 Å². The number of sulfone groups is 1. The Morgan fingerprint density at radius 1 is 0.828 bits per heavy atom. The molecule has 1 heterocycles. The van der Waals surface area contributed by atoms with E-state index in [1.807, 2.05) is 6.92 Å². The maximum atomic E-state index is 13.0. The second kappa shape index (κ2) is 6.60. The number of ether oxygens (including phenoxy) is 1. The molecule has 0 amide bonds. The van der Waals surface area contributed by atoms with E-state index in [0.29, 0.717) is 11.1 Å². The van der Waals surface area contributed by atoms with Gasteiger partial charge in [-0.25, -0.2) is 16.8 Å². The molecule has 0 saturated heterocycles. The average Bonchev–Trinajstić information content (AvgIpc) is 2.61. The Hall–Kier alpha value is -2.84. The van der Waals surface area contributed by atoms with Crippen LogP contribution in [-0.2, 0) is 19.9 Å². The van der Waals surface area contributed by atoms with Gasteiger partial charge in [-0.15, -0.1) is 0 Å². The van der Waals surface area contributed by atoms with E-state index < -0.39 is 19.9 Å². The molecule has 0 atom stereocenters. The van der Waals surface area contributed by atoms with Gasteiger partial charge < -0.3 is 4.74 Å². The molecule has 3 aromatic carbocycles. The van der Waals surface area contributed by atoms with Crippen LogP contribution >= 0.6 is 0 Å². The lowest BCUT2D eigenvalue weighted by atomic mass is 10.1. The predicted molar refractivity (Wildman–Crippen MR) is 110 cm³/mol. The highest BCUT2D eigenvalue weighted by Crippen LogP contribution is 2.43. The molecular formula is C21H19NO5S2. The van der Waals surface area contributed by atoms with Crippen molar-refractivity contribution in [3.05, 3.63) is 71.3 Å². The molecule has 1 aliphatic heterocycles. The maximum absolute atomic E-state index is 13.0. The molecule has 0 fully saturated rings. The van der Waals surface area contributed by atoms with Crippen LogP contribution in [0.3, 0.4) is 0 Å². The summed E-state index contributed by atoms with van der Waals surface area (Å²) < 4.78 is 60.1. The number of sulfonamides is 1. The molecule has 150 valence electrons. The van der Waals surface area contributed by atoms with Crippen molar-refractivity contribution in [3.8, 4) is 11.5 Å². The molecule has 3 aromatic rings. The first-order chi connectivity index (χ1) is 13.6. The second-order valence-corrected chi connectivity index (χ2v) is 10.6. The topological polar surface area (TPSA) is 89.5 Å². The summed E-state index contributed by atoms with van der Waals surface area (Å²) in [5, 5.41) is 0. The molecule has 29 heavy (non-hydrogen) atoms. The Morgan fingerprint density at radius 3 is 2.14 bits per heavy atom. The zero-order chi connectivity index (χ0) is 21.0. The summed E-state index contributed by atoms with van der Waals surface area (Å²) in [6.07, 6.45) is 0. The van der Waals surface area contributed by atoms with E-state index >= 15 is 0 Å². The molecule has 0 unspecified atom stereocenters. The van der Waals surface area contributed by atoms with E-state index in [-0.39, 0.29) is 31.9 Å². The number of rotatable bonds is 3. The highest BCUT2D eigenvalue weighted by atomic mass is 32.2. The van der Waals surface area contributed by atoms with Crippen molar-refractivity contribution in [2.75, 3.05) is 4.72 Å². The lowest BCUT2D eigenvalue weighted by molar-refractivity contribution is 0.443. The van der Waals surface area contributed by atoms with Gasteiger partial charge >= 0.3 is 0 Å². The van der Waals surface area contributed by atoms with Gasteiger partial charge in [-0.2, -0.15) is 0 Å². The minimum atomic E-state index is -3.90. The number of hydrogen-bond acceptors (Lipinski definition) is 5. The molecular weight excluding hydrogens is 410 g/mol. The van der Waals surface area contributed by atoms with Crippen molar-refractivity contribution in [2.24, 2.45) is 0 Å². The van der Waals surface area contributed by atoms with E-state index in [1.54, 1.807) is 44.2 Å². The van der Waals surface area contributed by atoms with Crippen LogP contribution in [0.15, 0.2) is 69.3 Å². The van der Waals surface area contributed by atoms with Gasteiger partial charge in [-0.05, 0) is 62.2 Å². The molecule has 0 aromatic heterocycles. The first-order valence-corrected chi connectivity index (χ1v) is 11.8. The van der Waals surface area contributed by atoms with Crippen LogP contribution in [0.1, 0.15) is 16.7 Å². The summed E-state index contributed by atoms with van der Waals surface area (Å²) in [6, 6.07) is 14.2. The third-order valence-corrected chi connectivity index (χ3v) is 8.22. The Morgan fingerprint density at radius 2 is 1.45 bits per heavy atom. The monoisotopic (exact) mass is 429 g/mol. The number of hydrogen-bond donors (Lipinski definition) is 1. The van der Waals surface area contributed by atoms with Crippen molar-refractivity contribution in [2.45, 2.75) is 35.5 Å². The number of nitrogens with one attached hydrogen (secondary N) is 1. The fourth-order valence-corrected chi connectivity index (χ4v) is 6.69. The Balaban J connectivity index is 1.77. The number of anilines is 1. The van der Waals surface area contributed by atoms with E-state index in [9.17, 15) is 16.8 Å². The van der Waals surface area contributed by atoms with Crippen molar-refractivity contribution in [1.82, 2.24) is 0 Å². The summed E-state index contributed by atoms with van der Waals surface area (Å²) in [7, 11) is -7.73. The number of aryl methyl sites for hydroxylation is 3. The highest BCUT2D eigenvalue weighted by molar-refractivity contribution is 7.93. The number of fused-ring (bicyclic) bond motifs is 2. The van der Waals surface area contributed by atoms with Gasteiger partial charge in [0.1, 0.15) is 21.3 Å². The maximum Gasteiger partial charge on any atom is 0.262 e. The van der Waals surface area contributed by atoms with Gasteiger partial charge in [0.2, 0.25) is 9.84 Å². The van der Waals surface area contributed by atoms with Crippen molar-refractivity contribution < 1.29 is 21.6 Å². The Labute approximate surface area is 170 Å². The molecule has 0 saturated carbocycles. The van der Waals surface area contributed by atoms with E-state index in [4.69, 9.17) is 4.74 Å². The Bertz CT molecular complexity index is 1340. The molecule has 8 heteroatoms. The summed E-state index contributed by atoms with van der Waals surface area (Å²) in [4.78, 5) is 0.164. The molecule has 6 nitrogen and oxygen atoms in total. The Kier molecular flexibility index (Phi) is 4.43. The standard InChI is InChI=1S/C21H19NO5S2/c1-13-10-14(2)21(15(3)11-13)29(25,26)22-16-8-9-18-20(12-16)28(23,24)19-7-5-4-6-17(19)27-18/h4-12,22H,1-3H3. The normalized spacial score (nSPS) is 14.4. The van der Waals surface area contributed by atoms with Crippen molar-refractivity contribution >= 4 is 25.5 Å². The van der Waals surface area contributed by atoms with Crippen LogP contribution in [0.4, 0.5) is 5.69 Å². The molecule has 0 radical (unpaired) electrons. The van der Waals surface area contributed by atoms with Crippen LogP contribution in [0.2, 0.25) is 0 Å². The SMILES string of the molecule is Cc1cc(C)c(S(=O)(=O)Nc2ccc3c(c2)S(=O)(=O)c2ccccc2O3)c(C)c1. The summed E-state index contributed by atoms with van der Waals surface area (Å²) in [5.74, 6) is 0.411. The molecule has 0 spiro atoms. The largest absolute Gasteiger partial charge is 0.455 e. The number of benzene rings is 3. The first-order valence-electron chi connectivity index (χ1n) is 8.86. The van der Waals surface area contributed by atoms with Crippen molar-refractivity contribution in [1.29, 1.82) is 0 Å². The quantitative estimate of drug-likeness (QED) is 0.523. The van der Waals surface area contributed by atoms with Crippen LogP contribution in [0.25, 0.3) is 0 Å². The third-order valence-electron chi connectivity index (χ3n) is 4.72. The zero-order valence-electron chi connectivity index (χ0n) is 16.1. The summed E-state index contributed by atoms with van der Waals surface area (Å²) >= 11 is 0. The average molecular weight is 430 g/mol. The van der Waals surface area contributed by atoms with E-state index in [1.165, 1.54) is 24.3 Å². The molecule has 1 N–H and O–H groups in total. The second-order valence-electron chi connectivity index (χ2n) is 7.05. The first kappa shape index (κ1) is 19.5. The van der Waals surface area contributed by atoms with Gasteiger partial charge in [0.25, 0.3) is 10.0 Å². The smallest absolute Gasteiger partial charge is 0.262 e.